The van der Waals surface area contributed by atoms with E-state index in [1.54, 1.807) is 7.05 Å². The van der Waals surface area contributed by atoms with Crippen molar-refractivity contribution < 1.29 is 18.0 Å². The van der Waals surface area contributed by atoms with Crippen LogP contribution in [-0.2, 0) is 19.8 Å². The maximum absolute atomic E-state index is 12.4. The van der Waals surface area contributed by atoms with Crippen LogP contribution in [0.5, 0.6) is 0 Å². The average molecular weight is 299 g/mol. The second kappa shape index (κ2) is 5.43. The van der Waals surface area contributed by atoms with E-state index in [2.05, 4.69) is 15.4 Å². The van der Waals surface area contributed by atoms with Crippen LogP contribution in [0, 0.1) is 0 Å². The van der Waals surface area contributed by atoms with Crippen LogP contribution in [0.15, 0.2) is 24.5 Å². The van der Waals surface area contributed by atoms with Crippen molar-refractivity contribution in [2.24, 2.45) is 7.05 Å². The third-order valence-corrected chi connectivity index (χ3v) is 2.82. The Morgan fingerprint density at radius 1 is 1.38 bits per heavy atom. The number of nitrogens with two attached hydrogens (primary N) is 1. The molecule has 0 saturated heterocycles. The van der Waals surface area contributed by atoms with Gasteiger partial charge in [0.05, 0.1) is 11.8 Å². The van der Waals surface area contributed by atoms with E-state index in [9.17, 15) is 18.0 Å². The minimum Gasteiger partial charge on any atom is -0.384 e. The molecule has 0 saturated carbocycles. The van der Waals surface area contributed by atoms with Gasteiger partial charge >= 0.3 is 6.18 Å². The number of nitrogens with one attached hydrogen (secondary N) is 1. The third-order valence-electron chi connectivity index (χ3n) is 2.82. The fourth-order valence-corrected chi connectivity index (χ4v) is 1.60. The minimum atomic E-state index is -4.53. The van der Waals surface area contributed by atoms with E-state index in [0.29, 0.717) is 11.4 Å². The molecular formula is C12H12F3N5O. The largest absolute Gasteiger partial charge is 0.433 e. The highest BCUT2D eigenvalue weighted by Gasteiger charge is 2.32. The van der Waals surface area contributed by atoms with Crippen molar-refractivity contribution in [3.63, 3.8) is 0 Å². The first-order valence-corrected chi connectivity index (χ1v) is 5.87. The van der Waals surface area contributed by atoms with Gasteiger partial charge in [-0.05, 0) is 12.1 Å². The monoisotopic (exact) mass is 299 g/mol. The topological polar surface area (TPSA) is 85.8 Å². The van der Waals surface area contributed by atoms with Gasteiger partial charge in [-0.1, -0.05) is 0 Å². The first kappa shape index (κ1) is 14.8. The zero-order valence-electron chi connectivity index (χ0n) is 11.0. The summed E-state index contributed by atoms with van der Waals surface area (Å²) in [4.78, 5) is 15.0. The third kappa shape index (κ3) is 3.30. The number of nitrogen functional groups attached to an aromatic ring is 1. The summed E-state index contributed by atoms with van der Waals surface area (Å²) in [7, 11) is 1.65. The van der Waals surface area contributed by atoms with Crippen molar-refractivity contribution in [2.75, 3.05) is 5.73 Å². The molecule has 0 aliphatic heterocycles. The van der Waals surface area contributed by atoms with E-state index < -0.39 is 17.8 Å². The molecule has 9 heteroatoms. The van der Waals surface area contributed by atoms with Crippen molar-refractivity contribution in [3.05, 3.63) is 41.3 Å². The van der Waals surface area contributed by atoms with Crippen molar-refractivity contribution in [2.45, 2.75) is 12.7 Å². The highest BCUT2D eigenvalue weighted by molar-refractivity contribution is 5.93. The number of aryl methyl sites for hydroxylation is 1. The molecule has 3 N–H and O–H groups in total. The number of amides is 1. The maximum Gasteiger partial charge on any atom is 0.433 e. The molecule has 0 aromatic carbocycles. The quantitative estimate of drug-likeness (QED) is 0.895. The number of alkyl halides is 3. The summed E-state index contributed by atoms with van der Waals surface area (Å²) in [6.45, 7) is 0.125. The summed E-state index contributed by atoms with van der Waals surface area (Å²) < 4.78 is 38.5. The molecule has 2 heterocycles. The second-order valence-corrected chi connectivity index (χ2v) is 4.29. The van der Waals surface area contributed by atoms with Crippen LogP contribution < -0.4 is 11.1 Å². The number of aromatic nitrogens is 3. The van der Waals surface area contributed by atoms with E-state index >= 15 is 0 Å². The molecule has 0 atom stereocenters. The number of anilines is 1. The number of hydrogen-bond acceptors (Lipinski definition) is 4. The van der Waals surface area contributed by atoms with Crippen LogP contribution in [0.25, 0.3) is 0 Å². The average Bonchev–Trinajstić information content (AvgIpc) is 2.75. The molecular weight excluding hydrogens is 287 g/mol. The SMILES string of the molecule is Cn1ncc(CNC(=O)c2ccc(C(F)(F)F)nc2)c1N. The van der Waals surface area contributed by atoms with Gasteiger partial charge in [0.15, 0.2) is 0 Å². The lowest BCUT2D eigenvalue weighted by Crippen LogP contribution is -2.23. The molecule has 0 radical (unpaired) electrons. The lowest BCUT2D eigenvalue weighted by Gasteiger charge is -2.07. The summed E-state index contributed by atoms with van der Waals surface area (Å²) in [5.41, 5.74) is 5.31. The standard InChI is InChI=1S/C12H12F3N5O/c1-20-10(16)8(6-19-20)5-18-11(21)7-2-3-9(17-4-7)12(13,14)15/h2-4,6H,5,16H2,1H3,(H,18,21). The number of rotatable bonds is 3. The molecule has 0 fully saturated rings. The van der Waals surface area contributed by atoms with E-state index in [0.717, 1.165) is 18.3 Å². The highest BCUT2D eigenvalue weighted by Crippen LogP contribution is 2.27. The number of halogens is 3. The van der Waals surface area contributed by atoms with Gasteiger partial charge in [0.25, 0.3) is 5.91 Å². The van der Waals surface area contributed by atoms with Gasteiger partial charge in [0.1, 0.15) is 11.5 Å². The van der Waals surface area contributed by atoms with Crippen molar-refractivity contribution in [1.29, 1.82) is 0 Å². The summed E-state index contributed by atoms with van der Waals surface area (Å²) in [6.07, 6.45) is -2.15. The Bertz CT molecular complexity index is 648. The zero-order chi connectivity index (χ0) is 15.6. The van der Waals surface area contributed by atoms with Gasteiger partial charge in [0.2, 0.25) is 0 Å². The molecule has 0 unspecified atom stereocenters. The van der Waals surface area contributed by atoms with Crippen molar-refractivity contribution in [3.8, 4) is 0 Å². The van der Waals surface area contributed by atoms with E-state index in [-0.39, 0.29) is 12.1 Å². The van der Waals surface area contributed by atoms with Crippen molar-refractivity contribution in [1.82, 2.24) is 20.1 Å². The Kier molecular flexibility index (Phi) is 3.83. The summed E-state index contributed by atoms with van der Waals surface area (Å²) in [6, 6.07) is 1.82. The molecule has 2 aromatic heterocycles. The Labute approximate surface area is 117 Å². The van der Waals surface area contributed by atoms with Gasteiger partial charge in [-0.15, -0.1) is 0 Å². The Morgan fingerprint density at radius 3 is 2.57 bits per heavy atom. The number of carbonyl (C=O) groups is 1. The minimum absolute atomic E-state index is 0.0328. The van der Waals surface area contributed by atoms with E-state index in [4.69, 9.17) is 5.73 Å². The Balaban J connectivity index is 2.02. The number of hydrogen-bond donors (Lipinski definition) is 2. The first-order valence-electron chi connectivity index (χ1n) is 5.87. The highest BCUT2D eigenvalue weighted by atomic mass is 19.4. The maximum atomic E-state index is 12.4. The fourth-order valence-electron chi connectivity index (χ4n) is 1.60. The van der Waals surface area contributed by atoms with Gasteiger partial charge in [-0.3, -0.25) is 14.5 Å². The van der Waals surface area contributed by atoms with Gasteiger partial charge in [-0.2, -0.15) is 18.3 Å². The van der Waals surface area contributed by atoms with Gasteiger partial charge in [-0.25, -0.2) is 0 Å². The van der Waals surface area contributed by atoms with Crippen LogP contribution in [0.3, 0.4) is 0 Å². The Morgan fingerprint density at radius 2 is 2.10 bits per heavy atom. The fraction of sp³-hybridized carbons (Fsp3) is 0.250. The molecule has 6 nitrogen and oxygen atoms in total. The van der Waals surface area contributed by atoms with E-state index in [1.165, 1.54) is 10.9 Å². The number of pyridine rings is 1. The van der Waals surface area contributed by atoms with Gasteiger partial charge < -0.3 is 11.1 Å². The summed E-state index contributed by atoms with van der Waals surface area (Å²) in [5.74, 6) is -0.139. The normalized spacial score (nSPS) is 11.4. The molecule has 1 amide bonds. The smallest absolute Gasteiger partial charge is 0.384 e. The van der Waals surface area contributed by atoms with E-state index in [1.807, 2.05) is 0 Å². The summed E-state index contributed by atoms with van der Waals surface area (Å²) >= 11 is 0. The summed E-state index contributed by atoms with van der Waals surface area (Å²) in [5, 5.41) is 6.44. The molecule has 112 valence electrons. The van der Waals surface area contributed by atoms with Crippen LogP contribution in [-0.4, -0.2) is 20.7 Å². The van der Waals surface area contributed by atoms with Crippen LogP contribution in [0.2, 0.25) is 0 Å². The second-order valence-electron chi connectivity index (χ2n) is 4.29. The molecule has 0 bridgehead atoms. The predicted molar refractivity (Wildman–Crippen MR) is 68.0 cm³/mol. The zero-order valence-corrected chi connectivity index (χ0v) is 11.0. The van der Waals surface area contributed by atoms with Crippen molar-refractivity contribution >= 4 is 11.7 Å². The Hall–Kier alpha value is -2.58. The molecule has 2 aromatic rings. The van der Waals surface area contributed by atoms with Gasteiger partial charge in [0, 0.05) is 25.4 Å². The molecule has 0 aliphatic carbocycles. The molecule has 0 aliphatic rings. The lowest BCUT2D eigenvalue weighted by atomic mass is 10.2. The van der Waals surface area contributed by atoms with Crippen LogP contribution in [0.4, 0.5) is 19.0 Å². The number of carbonyl (C=O) groups excluding carboxylic acids is 1. The van der Waals surface area contributed by atoms with Crippen LogP contribution in [0.1, 0.15) is 21.6 Å². The van der Waals surface area contributed by atoms with Crippen LogP contribution >= 0.6 is 0 Å². The first-order chi connectivity index (χ1) is 9.79. The molecule has 2 rings (SSSR count). The predicted octanol–water partition coefficient (Wildman–Crippen LogP) is 1.35. The molecule has 21 heavy (non-hydrogen) atoms. The number of nitrogens with zero attached hydrogens (tertiary/aromatic N) is 3. The molecule has 0 spiro atoms. The lowest BCUT2D eigenvalue weighted by molar-refractivity contribution is -0.141.